The summed E-state index contributed by atoms with van der Waals surface area (Å²) < 4.78 is 0.535. The van der Waals surface area contributed by atoms with E-state index in [0.29, 0.717) is 17.6 Å². The van der Waals surface area contributed by atoms with Gasteiger partial charge in [0.05, 0.1) is 20.6 Å². The van der Waals surface area contributed by atoms with E-state index in [1.165, 1.54) is 70.6 Å². The molecule has 0 fully saturated rings. The molecule has 0 saturated carbocycles. The summed E-state index contributed by atoms with van der Waals surface area (Å²) in [6.07, 6.45) is 16.4. The van der Waals surface area contributed by atoms with Crippen molar-refractivity contribution >= 4 is 5.97 Å². The topological polar surface area (TPSA) is 60.4 Å². The van der Waals surface area contributed by atoms with Crippen molar-refractivity contribution in [3.8, 4) is 0 Å². The van der Waals surface area contributed by atoms with Gasteiger partial charge in [0.1, 0.15) is 12.6 Å². The molecule has 1 atom stereocenters. The van der Waals surface area contributed by atoms with Crippen LogP contribution in [0, 0.1) is 0 Å². The fourth-order valence-corrected chi connectivity index (χ4v) is 3.37. The number of carbonyl (C=O) groups is 1. The van der Waals surface area contributed by atoms with E-state index in [1.807, 2.05) is 14.1 Å². The second-order valence-corrected chi connectivity index (χ2v) is 8.30. The van der Waals surface area contributed by atoms with Crippen LogP contribution in [0.2, 0.25) is 0 Å². The molecule has 25 heavy (non-hydrogen) atoms. The van der Waals surface area contributed by atoms with E-state index in [9.17, 15) is 15.0 Å². The zero-order valence-corrected chi connectivity index (χ0v) is 17.1. The molecule has 0 spiro atoms. The minimum atomic E-state index is -1.01. The number of likely N-dealkylation sites (N-methyl/N-ethyl adjacent to an activating group) is 1. The van der Waals surface area contributed by atoms with E-state index in [0.717, 1.165) is 12.8 Å². The van der Waals surface area contributed by atoms with Crippen molar-refractivity contribution in [1.82, 2.24) is 0 Å². The molecular formula is C21H43NO3. The lowest BCUT2D eigenvalue weighted by Crippen LogP contribution is -2.47. The Balaban J connectivity index is 3.42. The van der Waals surface area contributed by atoms with E-state index >= 15 is 0 Å². The summed E-state index contributed by atoms with van der Waals surface area (Å²) in [4.78, 5) is 10.5. The normalized spacial score (nSPS) is 13.1. The first-order valence-electron chi connectivity index (χ1n) is 10.6. The molecule has 0 radical (unpaired) electrons. The van der Waals surface area contributed by atoms with Gasteiger partial charge in [-0.25, -0.2) is 0 Å². The van der Waals surface area contributed by atoms with Crippen LogP contribution in [-0.4, -0.2) is 48.8 Å². The molecule has 0 saturated heterocycles. The molecule has 0 aliphatic carbocycles. The van der Waals surface area contributed by atoms with Crippen molar-refractivity contribution in [2.45, 2.75) is 103 Å². The van der Waals surface area contributed by atoms with Crippen LogP contribution in [0.3, 0.4) is 0 Å². The maximum atomic E-state index is 10.5. The lowest BCUT2D eigenvalue weighted by molar-refractivity contribution is -0.893. The molecule has 0 aliphatic heterocycles. The number of rotatable bonds is 18. The van der Waals surface area contributed by atoms with Gasteiger partial charge in [-0.1, -0.05) is 84.0 Å². The molecule has 0 aliphatic rings. The van der Waals surface area contributed by atoms with Crippen molar-refractivity contribution in [3.63, 3.8) is 0 Å². The van der Waals surface area contributed by atoms with Gasteiger partial charge in [0.2, 0.25) is 0 Å². The zero-order chi connectivity index (χ0) is 19.0. The highest BCUT2D eigenvalue weighted by atomic mass is 16.4. The third kappa shape index (κ3) is 18.0. The molecule has 0 aromatic heterocycles. The molecule has 0 rings (SSSR count). The Kier molecular flexibility index (Phi) is 15.2. The summed E-state index contributed by atoms with van der Waals surface area (Å²) in [5, 5.41) is 20.7. The number of quaternary nitrogens is 1. The number of carboxylic acids is 1. The lowest BCUT2D eigenvalue weighted by atomic mass is 10.0. The minimum absolute atomic E-state index is 0.0539. The van der Waals surface area contributed by atoms with Gasteiger partial charge in [-0.3, -0.25) is 0 Å². The number of aliphatic hydroxyl groups excluding tert-OH is 1. The highest BCUT2D eigenvalue weighted by molar-refractivity contribution is 5.64. The summed E-state index contributed by atoms with van der Waals surface area (Å²) in [6.45, 7) is 3.39. The van der Waals surface area contributed by atoms with Crippen LogP contribution in [0.25, 0.3) is 0 Å². The minimum Gasteiger partial charge on any atom is -0.550 e. The van der Waals surface area contributed by atoms with Crippen molar-refractivity contribution in [1.29, 1.82) is 0 Å². The van der Waals surface area contributed by atoms with E-state index in [2.05, 4.69) is 6.92 Å². The largest absolute Gasteiger partial charge is 0.550 e. The first kappa shape index (κ1) is 24.4. The van der Waals surface area contributed by atoms with Gasteiger partial charge in [-0.05, 0) is 6.42 Å². The Morgan fingerprint density at radius 1 is 0.880 bits per heavy atom. The Labute approximate surface area is 156 Å². The van der Waals surface area contributed by atoms with Gasteiger partial charge in [0, 0.05) is 12.4 Å². The Morgan fingerprint density at radius 3 is 1.76 bits per heavy atom. The summed E-state index contributed by atoms with van der Waals surface area (Å²) in [7, 11) is 3.93. The molecule has 1 unspecified atom stereocenters. The average molecular weight is 358 g/mol. The van der Waals surface area contributed by atoms with E-state index < -0.39 is 5.97 Å². The second kappa shape index (κ2) is 15.6. The summed E-state index contributed by atoms with van der Waals surface area (Å²) in [6, 6.07) is 0. The number of carbonyl (C=O) groups excluding carboxylic acids is 1. The van der Waals surface area contributed by atoms with Gasteiger partial charge in [-0.15, -0.1) is 0 Å². The maximum absolute atomic E-state index is 10.5. The Bertz CT molecular complexity index is 318. The van der Waals surface area contributed by atoms with Gasteiger partial charge in [-0.2, -0.15) is 0 Å². The molecule has 150 valence electrons. The van der Waals surface area contributed by atoms with Crippen LogP contribution in [0.5, 0.6) is 0 Å². The van der Waals surface area contributed by atoms with Crippen LogP contribution in [0.1, 0.15) is 96.8 Å². The fourth-order valence-electron chi connectivity index (χ4n) is 3.37. The quantitative estimate of drug-likeness (QED) is 0.301. The monoisotopic (exact) mass is 357 g/mol. The van der Waals surface area contributed by atoms with E-state index in [1.54, 1.807) is 0 Å². The first-order valence-corrected chi connectivity index (χ1v) is 10.6. The Morgan fingerprint density at radius 2 is 1.32 bits per heavy atom. The Hall–Kier alpha value is -0.610. The van der Waals surface area contributed by atoms with Crippen molar-refractivity contribution in [2.75, 3.05) is 27.2 Å². The first-order chi connectivity index (χ1) is 11.9. The number of unbranched alkanes of at least 4 members (excludes halogenated alkanes) is 11. The van der Waals surface area contributed by atoms with Gasteiger partial charge >= 0.3 is 0 Å². The molecule has 1 N–H and O–H groups in total. The van der Waals surface area contributed by atoms with Crippen LogP contribution in [0.4, 0.5) is 0 Å². The number of hydrogen-bond donors (Lipinski definition) is 1. The predicted molar refractivity (Wildman–Crippen MR) is 103 cm³/mol. The number of hydrogen-bond acceptors (Lipinski definition) is 3. The highest BCUT2D eigenvalue weighted by Gasteiger charge is 2.19. The fraction of sp³-hybridized carbons (Fsp3) is 0.952. The standard InChI is InChI=1S/C21H43NO3/c1-4-5-6-7-8-9-10-11-12-13-14-15-16-20(23)19-22(2,3)18-17-21(24)25/h20,23H,4-19H2,1-3H3. The van der Waals surface area contributed by atoms with Gasteiger partial charge in [0.25, 0.3) is 0 Å². The third-order valence-electron chi connectivity index (χ3n) is 5.02. The van der Waals surface area contributed by atoms with E-state index in [-0.39, 0.29) is 12.5 Å². The zero-order valence-electron chi connectivity index (χ0n) is 17.1. The molecule has 4 heteroatoms. The summed E-state index contributed by atoms with van der Waals surface area (Å²) in [5.74, 6) is -1.01. The summed E-state index contributed by atoms with van der Waals surface area (Å²) in [5.41, 5.74) is 0. The number of aliphatic carboxylic acids is 1. The number of aliphatic hydroxyl groups is 1. The highest BCUT2D eigenvalue weighted by Crippen LogP contribution is 2.14. The van der Waals surface area contributed by atoms with Crippen LogP contribution < -0.4 is 5.11 Å². The van der Waals surface area contributed by atoms with Crippen LogP contribution in [0.15, 0.2) is 0 Å². The van der Waals surface area contributed by atoms with Gasteiger partial charge < -0.3 is 19.5 Å². The molecule has 4 nitrogen and oxygen atoms in total. The van der Waals surface area contributed by atoms with Crippen LogP contribution in [-0.2, 0) is 4.79 Å². The van der Waals surface area contributed by atoms with Gasteiger partial charge in [0.15, 0.2) is 0 Å². The third-order valence-corrected chi connectivity index (χ3v) is 5.02. The molecule has 0 bridgehead atoms. The molecule has 0 amide bonds. The molecular weight excluding hydrogens is 314 g/mol. The van der Waals surface area contributed by atoms with Crippen LogP contribution >= 0.6 is 0 Å². The van der Waals surface area contributed by atoms with E-state index in [4.69, 9.17) is 0 Å². The smallest absolute Gasteiger partial charge is 0.105 e. The number of nitrogens with zero attached hydrogens (tertiary/aromatic N) is 1. The molecule has 0 heterocycles. The molecule has 0 aromatic carbocycles. The van der Waals surface area contributed by atoms with Crippen molar-refractivity contribution in [3.05, 3.63) is 0 Å². The maximum Gasteiger partial charge on any atom is 0.105 e. The van der Waals surface area contributed by atoms with Crippen molar-refractivity contribution in [2.24, 2.45) is 0 Å². The average Bonchev–Trinajstić information content (AvgIpc) is 2.53. The van der Waals surface area contributed by atoms with Crippen molar-refractivity contribution < 1.29 is 19.5 Å². The molecule has 0 aromatic rings. The lowest BCUT2D eigenvalue weighted by Gasteiger charge is -2.32. The number of carboxylic acid groups (broad SMARTS) is 1. The predicted octanol–water partition coefficient (Wildman–Crippen LogP) is 3.65. The summed E-state index contributed by atoms with van der Waals surface area (Å²) >= 11 is 0. The second-order valence-electron chi connectivity index (χ2n) is 8.30. The SMILES string of the molecule is CCCCCCCCCCCCCCC(O)C[N+](C)(C)CCC(=O)[O-].